The molecule has 1 rings (SSSR count). The van der Waals surface area contributed by atoms with E-state index in [0.717, 1.165) is 38.5 Å². The third kappa shape index (κ3) is 9.44. The summed E-state index contributed by atoms with van der Waals surface area (Å²) in [4.78, 5) is 0.188. The first-order valence-corrected chi connectivity index (χ1v) is 13.1. The molecule has 1 aromatic carbocycles. The molecule has 2 unspecified atom stereocenters. The summed E-state index contributed by atoms with van der Waals surface area (Å²) in [7, 11) is -3.74. The van der Waals surface area contributed by atoms with Gasteiger partial charge in [0, 0.05) is 12.0 Å². The summed E-state index contributed by atoms with van der Waals surface area (Å²) in [5.41, 5.74) is -1.02. The van der Waals surface area contributed by atoms with Gasteiger partial charge in [0.1, 0.15) is 6.17 Å². The summed E-state index contributed by atoms with van der Waals surface area (Å²) in [6.07, 6.45) is 6.75. The molecule has 0 saturated carbocycles. The molecular weight excluding hydrogens is 401 g/mol. The van der Waals surface area contributed by atoms with Crippen molar-refractivity contribution in [3.05, 3.63) is 30.3 Å². The van der Waals surface area contributed by atoms with Gasteiger partial charge in [0.15, 0.2) is 0 Å². The Bertz CT molecular complexity index is 679. The number of rotatable bonds is 16. The SMILES string of the molecule is CCCCCC[C@](C)(O)[C@@H](C)C(CCC(F)CCCC)NS(=O)(=O)c1ccccc1. The molecule has 174 valence electrons. The van der Waals surface area contributed by atoms with Crippen LogP contribution in [0.2, 0.25) is 0 Å². The van der Waals surface area contributed by atoms with Crippen LogP contribution in [0.4, 0.5) is 4.39 Å². The van der Waals surface area contributed by atoms with Gasteiger partial charge < -0.3 is 5.11 Å². The minimum Gasteiger partial charge on any atom is -0.390 e. The van der Waals surface area contributed by atoms with Crippen LogP contribution in [0.3, 0.4) is 0 Å². The van der Waals surface area contributed by atoms with Gasteiger partial charge in [-0.2, -0.15) is 0 Å². The monoisotopic (exact) mass is 443 g/mol. The van der Waals surface area contributed by atoms with E-state index in [1.165, 1.54) is 0 Å². The number of sulfonamides is 1. The Balaban J connectivity index is 2.92. The second kappa shape index (κ2) is 13.4. The molecule has 2 N–H and O–H groups in total. The molecule has 4 nitrogen and oxygen atoms in total. The summed E-state index contributed by atoms with van der Waals surface area (Å²) in [5, 5.41) is 11.1. The molecule has 0 spiro atoms. The lowest BCUT2D eigenvalue weighted by Gasteiger charge is -2.37. The second-order valence-electron chi connectivity index (χ2n) is 8.81. The highest BCUT2D eigenvalue weighted by Crippen LogP contribution is 2.30. The van der Waals surface area contributed by atoms with Crippen molar-refractivity contribution in [3.63, 3.8) is 0 Å². The maximum absolute atomic E-state index is 14.3. The molecule has 0 fully saturated rings. The average molecular weight is 444 g/mol. The molecule has 0 amide bonds. The zero-order chi connectivity index (χ0) is 22.6. The normalized spacial score (nSPS) is 17.3. The van der Waals surface area contributed by atoms with Gasteiger partial charge in [-0.1, -0.05) is 77.5 Å². The maximum atomic E-state index is 14.3. The number of halogens is 1. The van der Waals surface area contributed by atoms with Gasteiger partial charge in [-0.3, -0.25) is 0 Å². The predicted octanol–water partition coefficient (Wildman–Crippen LogP) is 6.00. The van der Waals surface area contributed by atoms with Crippen molar-refractivity contribution >= 4 is 10.0 Å². The summed E-state index contributed by atoms with van der Waals surface area (Å²) in [6, 6.07) is 7.69. The largest absolute Gasteiger partial charge is 0.390 e. The van der Waals surface area contributed by atoms with Crippen LogP contribution in [0.25, 0.3) is 0 Å². The van der Waals surface area contributed by atoms with E-state index < -0.39 is 27.8 Å². The van der Waals surface area contributed by atoms with Crippen molar-refractivity contribution in [3.8, 4) is 0 Å². The molecule has 4 atom stereocenters. The Hall–Kier alpha value is -0.980. The number of aliphatic hydroxyl groups is 1. The molecule has 1 aromatic rings. The summed E-state index contributed by atoms with van der Waals surface area (Å²) in [6.45, 7) is 7.82. The maximum Gasteiger partial charge on any atom is 0.240 e. The standard InChI is InChI=1S/C24H42FNO3S/c1-5-7-9-13-19-24(4,27)20(3)23(18-17-21(25)14-8-6-2)26-30(28,29)22-15-11-10-12-16-22/h10-12,15-16,20-21,23,26-27H,5-9,13-14,17-19H2,1-4H3/t20-,21?,23?,24-/m0/s1. The van der Waals surface area contributed by atoms with Gasteiger partial charge in [0.2, 0.25) is 10.0 Å². The van der Waals surface area contributed by atoms with Crippen LogP contribution in [0.5, 0.6) is 0 Å². The van der Waals surface area contributed by atoms with Crippen LogP contribution in [0.15, 0.2) is 35.2 Å². The van der Waals surface area contributed by atoms with E-state index in [2.05, 4.69) is 11.6 Å². The Morgan fingerprint density at radius 1 is 1.00 bits per heavy atom. The van der Waals surface area contributed by atoms with E-state index in [1.807, 2.05) is 13.8 Å². The van der Waals surface area contributed by atoms with Crippen molar-refractivity contribution in [2.45, 2.75) is 115 Å². The number of alkyl halides is 1. The Morgan fingerprint density at radius 3 is 2.23 bits per heavy atom. The first kappa shape index (κ1) is 27.1. The summed E-state index contributed by atoms with van der Waals surface area (Å²) < 4.78 is 42.9. The van der Waals surface area contributed by atoms with E-state index in [-0.39, 0.29) is 17.2 Å². The first-order valence-electron chi connectivity index (χ1n) is 11.6. The molecule has 0 aliphatic carbocycles. The quantitative estimate of drug-likeness (QED) is 0.308. The van der Waals surface area contributed by atoms with Crippen LogP contribution in [-0.2, 0) is 10.0 Å². The smallest absolute Gasteiger partial charge is 0.240 e. The summed E-state index contributed by atoms with van der Waals surface area (Å²) in [5.74, 6) is -0.337. The lowest BCUT2D eigenvalue weighted by molar-refractivity contribution is -0.0178. The third-order valence-electron chi connectivity index (χ3n) is 6.14. The fraction of sp³-hybridized carbons (Fsp3) is 0.750. The molecule has 0 heterocycles. The van der Waals surface area contributed by atoms with Crippen molar-refractivity contribution in [1.82, 2.24) is 4.72 Å². The number of unbranched alkanes of at least 4 members (excludes halogenated alkanes) is 4. The van der Waals surface area contributed by atoms with E-state index in [4.69, 9.17) is 0 Å². The fourth-order valence-corrected chi connectivity index (χ4v) is 5.15. The molecule has 30 heavy (non-hydrogen) atoms. The van der Waals surface area contributed by atoms with Gasteiger partial charge >= 0.3 is 0 Å². The molecule has 6 heteroatoms. The van der Waals surface area contributed by atoms with Gasteiger partial charge in [-0.15, -0.1) is 0 Å². The predicted molar refractivity (Wildman–Crippen MR) is 123 cm³/mol. The zero-order valence-corrected chi connectivity index (χ0v) is 20.1. The second-order valence-corrected chi connectivity index (χ2v) is 10.5. The fourth-order valence-electron chi connectivity index (χ4n) is 3.78. The lowest BCUT2D eigenvalue weighted by Crippen LogP contribution is -2.48. The Morgan fingerprint density at radius 2 is 1.63 bits per heavy atom. The van der Waals surface area contributed by atoms with Gasteiger partial charge in [0.05, 0.1) is 10.5 Å². The minimum absolute atomic E-state index is 0.188. The van der Waals surface area contributed by atoms with E-state index in [1.54, 1.807) is 37.3 Å². The molecule has 0 saturated heterocycles. The van der Waals surface area contributed by atoms with Crippen molar-refractivity contribution in [1.29, 1.82) is 0 Å². The van der Waals surface area contributed by atoms with Crippen LogP contribution in [0.1, 0.15) is 91.9 Å². The highest BCUT2D eigenvalue weighted by atomic mass is 32.2. The molecule has 0 aliphatic rings. The topological polar surface area (TPSA) is 66.4 Å². The summed E-state index contributed by atoms with van der Waals surface area (Å²) >= 11 is 0. The van der Waals surface area contributed by atoms with E-state index >= 15 is 0 Å². The first-order chi connectivity index (χ1) is 14.1. The molecule has 0 aliphatic heterocycles. The van der Waals surface area contributed by atoms with Gasteiger partial charge in [0.25, 0.3) is 0 Å². The minimum atomic E-state index is -3.74. The number of nitrogens with one attached hydrogen (secondary N) is 1. The lowest BCUT2D eigenvalue weighted by atomic mass is 9.79. The van der Waals surface area contributed by atoms with Crippen LogP contribution >= 0.6 is 0 Å². The molecule has 0 aromatic heterocycles. The highest BCUT2D eigenvalue weighted by molar-refractivity contribution is 7.89. The molecule has 0 bridgehead atoms. The van der Waals surface area contributed by atoms with Crippen molar-refractivity contribution < 1.29 is 17.9 Å². The van der Waals surface area contributed by atoms with Crippen molar-refractivity contribution in [2.75, 3.05) is 0 Å². The average Bonchev–Trinajstić information content (AvgIpc) is 2.72. The Kier molecular flexibility index (Phi) is 12.1. The van der Waals surface area contributed by atoms with E-state index in [0.29, 0.717) is 19.3 Å². The van der Waals surface area contributed by atoms with Crippen LogP contribution in [-0.4, -0.2) is 31.3 Å². The number of hydrogen-bond acceptors (Lipinski definition) is 3. The highest BCUT2D eigenvalue weighted by Gasteiger charge is 2.36. The van der Waals surface area contributed by atoms with Crippen molar-refractivity contribution in [2.24, 2.45) is 5.92 Å². The zero-order valence-electron chi connectivity index (χ0n) is 19.2. The molecule has 0 radical (unpaired) electrons. The van der Waals surface area contributed by atoms with Crippen LogP contribution < -0.4 is 4.72 Å². The Labute approximate surface area is 183 Å². The number of hydrogen-bond donors (Lipinski definition) is 2. The van der Waals surface area contributed by atoms with Crippen LogP contribution in [0, 0.1) is 5.92 Å². The molecular formula is C24H42FNO3S. The van der Waals surface area contributed by atoms with Gasteiger partial charge in [-0.25, -0.2) is 17.5 Å². The van der Waals surface area contributed by atoms with Gasteiger partial charge in [-0.05, 0) is 44.7 Å². The third-order valence-corrected chi connectivity index (χ3v) is 7.65. The van der Waals surface area contributed by atoms with E-state index in [9.17, 15) is 17.9 Å². The number of benzene rings is 1.